The van der Waals surface area contributed by atoms with E-state index in [2.05, 4.69) is 23.5 Å². The summed E-state index contributed by atoms with van der Waals surface area (Å²) in [6.45, 7) is 13.7. The molecule has 0 fully saturated rings. The summed E-state index contributed by atoms with van der Waals surface area (Å²) >= 11 is 0. The van der Waals surface area contributed by atoms with E-state index in [9.17, 15) is 8.42 Å². The van der Waals surface area contributed by atoms with Gasteiger partial charge in [0.1, 0.15) is 0 Å². The van der Waals surface area contributed by atoms with E-state index in [1.54, 1.807) is 0 Å². The molecule has 0 aliphatic heterocycles. The number of anilines is 2. The maximum Gasteiger partial charge on any atom is 0.262 e. The highest BCUT2D eigenvalue weighted by molar-refractivity contribution is 7.92. The number of benzene rings is 2. The number of aryl methyl sites for hydroxylation is 2. The fourth-order valence-corrected chi connectivity index (χ4v) is 4.80. The van der Waals surface area contributed by atoms with Gasteiger partial charge in [0, 0.05) is 24.5 Å². The second kappa shape index (κ2) is 7.48. The van der Waals surface area contributed by atoms with Crippen LogP contribution in [0, 0.1) is 27.7 Å². The van der Waals surface area contributed by atoms with Gasteiger partial charge in [0.25, 0.3) is 10.0 Å². The highest BCUT2D eigenvalue weighted by Gasteiger charge is 2.22. The SMILES string of the molecule is CCN(CC)c1ccc(NS(=O)(=O)c2c(C)c(C)cc(C)c2C)cc1. The van der Waals surface area contributed by atoms with Gasteiger partial charge >= 0.3 is 0 Å². The smallest absolute Gasteiger partial charge is 0.262 e. The van der Waals surface area contributed by atoms with Crippen molar-refractivity contribution in [2.45, 2.75) is 46.4 Å². The molecule has 0 heterocycles. The van der Waals surface area contributed by atoms with Crippen LogP contribution in [0.1, 0.15) is 36.1 Å². The Morgan fingerprint density at radius 1 is 0.880 bits per heavy atom. The van der Waals surface area contributed by atoms with Crippen LogP contribution in [0.2, 0.25) is 0 Å². The van der Waals surface area contributed by atoms with Gasteiger partial charge in [-0.15, -0.1) is 0 Å². The molecule has 0 aliphatic rings. The quantitative estimate of drug-likeness (QED) is 0.821. The van der Waals surface area contributed by atoms with Crippen LogP contribution in [0.15, 0.2) is 35.2 Å². The standard InChI is InChI=1S/C20H28N2O2S/c1-7-22(8-2)19-11-9-18(10-12-19)21-25(23,24)20-16(5)14(3)13-15(4)17(20)6/h9-13,21H,7-8H2,1-6H3. The van der Waals surface area contributed by atoms with Crippen LogP contribution in [0.5, 0.6) is 0 Å². The van der Waals surface area contributed by atoms with E-state index in [0.717, 1.165) is 41.0 Å². The predicted octanol–water partition coefficient (Wildman–Crippen LogP) is 4.57. The Labute approximate surface area is 151 Å². The molecule has 4 nitrogen and oxygen atoms in total. The number of hydrogen-bond donors (Lipinski definition) is 1. The van der Waals surface area contributed by atoms with Crippen LogP contribution >= 0.6 is 0 Å². The molecule has 0 spiro atoms. The third kappa shape index (κ3) is 3.98. The first-order chi connectivity index (χ1) is 11.7. The summed E-state index contributed by atoms with van der Waals surface area (Å²) in [7, 11) is -3.63. The number of sulfonamides is 1. The van der Waals surface area contributed by atoms with Crippen LogP contribution in [0.3, 0.4) is 0 Å². The molecule has 0 unspecified atom stereocenters. The number of rotatable bonds is 6. The Balaban J connectivity index is 2.37. The minimum Gasteiger partial charge on any atom is -0.372 e. The van der Waals surface area contributed by atoms with Gasteiger partial charge in [-0.25, -0.2) is 8.42 Å². The summed E-state index contributed by atoms with van der Waals surface area (Å²) in [6.07, 6.45) is 0. The minimum absolute atomic E-state index is 0.387. The average molecular weight is 361 g/mol. The summed E-state index contributed by atoms with van der Waals surface area (Å²) in [5.41, 5.74) is 5.24. The van der Waals surface area contributed by atoms with Crippen molar-refractivity contribution in [3.8, 4) is 0 Å². The van der Waals surface area contributed by atoms with E-state index in [4.69, 9.17) is 0 Å². The molecule has 2 aromatic rings. The minimum atomic E-state index is -3.63. The second-order valence-corrected chi connectivity index (χ2v) is 8.03. The van der Waals surface area contributed by atoms with Crippen molar-refractivity contribution in [2.24, 2.45) is 0 Å². The van der Waals surface area contributed by atoms with Gasteiger partial charge in [-0.3, -0.25) is 4.72 Å². The van der Waals surface area contributed by atoms with E-state index in [1.165, 1.54) is 0 Å². The zero-order valence-corrected chi connectivity index (χ0v) is 16.8. The third-order valence-corrected chi connectivity index (χ3v) is 6.47. The van der Waals surface area contributed by atoms with Crippen LogP contribution in [0.25, 0.3) is 0 Å². The van der Waals surface area contributed by atoms with Crippen molar-refractivity contribution < 1.29 is 8.42 Å². The molecule has 0 saturated carbocycles. The normalized spacial score (nSPS) is 11.4. The van der Waals surface area contributed by atoms with Gasteiger partial charge in [-0.05, 0) is 88.1 Å². The lowest BCUT2D eigenvalue weighted by molar-refractivity contribution is 0.599. The number of nitrogens with one attached hydrogen (secondary N) is 1. The molecule has 5 heteroatoms. The van der Waals surface area contributed by atoms with Crippen molar-refractivity contribution in [2.75, 3.05) is 22.7 Å². The molecule has 2 aromatic carbocycles. The molecule has 0 aliphatic carbocycles. The summed E-state index contributed by atoms with van der Waals surface area (Å²) < 4.78 is 28.6. The van der Waals surface area contributed by atoms with Gasteiger partial charge < -0.3 is 4.90 Å². The fourth-order valence-electron chi connectivity index (χ4n) is 3.12. The zero-order valence-electron chi connectivity index (χ0n) is 16.0. The summed E-state index contributed by atoms with van der Waals surface area (Å²) in [5, 5.41) is 0. The molecule has 0 atom stereocenters. The highest BCUT2D eigenvalue weighted by Crippen LogP contribution is 2.28. The number of hydrogen-bond acceptors (Lipinski definition) is 3. The lowest BCUT2D eigenvalue weighted by Gasteiger charge is -2.21. The van der Waals surface area contributed by atoms with Gasteiger partial charge in [0.2, 0.25) is 0 Å². The van der Waals surface area contributed by atoms with E-state index >= 15 is 0 Å². The van der Waals surface area contributed by atoms with Crippen LogP contribution < -0.4 is 9.62 Å². The largest absolute Gasteiger partial charge is 0.372 e. The summed E-state index contributed by atoms with van der Waals surface area (Å²) in [5.74, 6) is 0. The van der Waals surface area contributed by atoms with Crippen molar-refractivity contribution in [3.63, 3.8) is 0 Å². The maximum atomic E-state index is 13.0. The molecule has 0 radical (unpaired) electrons. The average Bonchev–Trinajstić information content (AvgIpc) is 2.55. The maximum absolute atomic E-state index is 13.0. The zero-order chi connectivity index (χ0) is 18.8. The van der Waals surface area contributed by atoms with Crippen molar-refractivity contribution in [1.29, 1.82) is 0 Å². The second-order valence-electron chi connectivity index (χ2n) is 6.41. The summed E-state index contributed by atoms with van der Waals surface area (Å²) in [4.78, 5) is 2.61. The first-order valence-corrected chi connectivity index (χ1v) is 10.1. The lowest BCUT2D eigenvalue weighted by atomic mass is 10.0. The van der Waals surface area contributed by atoms with E-state index in [1.807, 2.05) is 58.0 Å². The van der Waals surface area contributed by atoms with Crippen LogP contribution in [-0.4, -0.2) is 21.5 Å². The molecule has 0 saturated heterocycles. The Morgan fingerprint density at radius 3 is 1.80 bits per heavy atom. The molecule has 0 aromatic heterocycles. The fraction of sp³-hybridized carbons (Fsp3) is 0.400. The predicted molar refractivity (Wildman–Crippen MR) is 106 cm³/mol. The van der Waals surface area contributed by atoms with E-state index < -0.39 is 10.0 Å². The van der Waals surface area contributed by atoms with E-state index in [-0.39, 0.29) is 0 Å². The topological polar surface area (TPSA) is 49.4 Å². The van der Waals surface area contributed by atoms with E-state index in [0.29, 0.717) is 10.6 Å². The highest BCUT2D eigenvalue weighted by atomic mass is 32.2. The first kappa shape index (κ1) is 19.3. The molecule has 2 rings (SSSR count). The molecule has 25 heavy (non-hydrogen) atoms. The molecular formula is C20H28N2O2S. The Bertz CT molecular complexity index is 826. The Hall–Kier alpha value is -2.01. The third-order valence-electron chi connectivity index (χ3n) is 4.81. The summed E-state index contributed by atoms with van der Waals surface area (Å²) in [6, 6.07) is 9.57. The molecule has 0 bridgehead atoms. The van der Waals surface area contributed by atoms with Crippen molar-refractivity contribution in [1.82, 2.24) is 0 Å². The van der Waals surface area contributed by atoms with Crippen LogP contribution in [0.4, 0.5) is 11.4 Å². The van der Waals surface area contributed by atoms with Crippen molar-refractivity contribution >= 4 is 21.4 Å². The van der Waals surface area contributed by atoms with Gasteiger partial charge in [0.15, 0.2) is 0 Å². The van der Waals surface area contributed by atoms with Crippen LogP contribution in [-0.2, 0) is 10.0 Å². The van der Waals surface area contributed by atoms with Gasteiger partial charge in [0.05, 0.1) is 4.90 Å². The Kier molecular flexibility index (Phi) is 5.78. The molecule has 1 N–H and O–H groups in total. The number of nitrogens with zero attached hydrogens (tertiary/aromatic N) is 1. The molecule has 0 amide bonds. The molecule has 136 valence electrons. The van der Waals surface area contributed by atoms with Gasteiger partial charge in [-0.2, -0.15) is 0 Å². The molecular weight excluding hydrogens is 332 g/mol. The monoisotopic (exact) mass is 360 g/mol. The lowest BCUT2D eigenvalue weighted by Crippen LogP contribution is -2.21. The first-order valence-electron chi connectivity index (χ1n) is 8.66. The van der Waals surface area contributed by atoms with Crippen molar-refractivity contribution in [3.05, 3.63) is 52.6 Å². The van der Waals surface area contributed by atoms with Gasteiger partial charge in [-0.1, -0.05) is 6.07 Å². The Morgan fingerprint density at radius 2 is 1.36 bits per heavy atom.